The van der Waals surface area contributed by atoms with E-state index in [0.29, 0.717) is 13.1 Å². The topological polar surface area (TPSA) is 69.5 Å². The van der Waals surface area contributed by atoms with Gasteiger partial charge in [0.15, 0.2) is 0 Å². The van der Waals surface area contributed by atoms with Gasteiger partial charge in [-0.1, -0.05) is 0 Å². The summed E-state index contributed by atoms with van der Waals surface area (Å²) in [6, 6.07) is 4.16. The minimum atomic E-state index is 0.234. The van der Waals surface area contributed by atoms with Crippen molar-refractivity contribution in [2.45, 2.75) is 51.6 Å². The van der Waals surface area contributed by atoms with Crippen molar-refractivity contribution < 1.29 is 4.79 Å². The molecule has 38 heavy (non-hydrogen) atoms. The van der Waals surface area contributed by atoms with E-state index in [1.807, 2.05) is 4.90 Å². The van der Waals surface area contributed by atoms with Gasteiger partial charge in [-0.05, 0) is 80.2 Å². The van der Waals surface area contributed by atoms with Crippen LogP contribution in [0.25, 0.3) is 0 Å². The monoisotopic (exact) mass is 517 g/mol. The Morgan fingerprint density at radius 2 is 1.58 bits per heavy atom. The van der Waals surface area contributed by atoms with Crippen molar-refractivity contribution in [3.63, 3.8) is 0 Å². The summed E-state index contributed by atoms with van der Waals surface area (Å²) in [6.45, 7) is 9.03. The number of carbonyl (C=O) groups excluding carboxylic acids is 1. The molecule has 4 heterocycles. The molecule has 0 aromatic carbocycles. The van der Waals surface area contributed by atoms with E-state index in [1.54, 1.807) is 6.33 Å². The van der Waals surface area contributed by atoms with Crippen LogP contribution in [-0.4, -0.2) is 87.5 Å². The first-order valence-electron chi connectivity index (χ1n) is 15.1. The van der Waals surface area contributed by atoms with Crippen molar-refractivity contribution in [1.82, 2.24) is 29.2 Å². The molecule has 2 aliphatic heterocycles. The smallest absolute Gasteiger partial charge is 0.237 e. The summed E-state index contributed by atoms with van der Waals surface area (Å²) in [5.41, 5.74) is 2.26. The number of amides is 1. The molecule has 4 bridgehead atoms. The van der Waals surface area contributed by atoms with Crippen LogP contribution >= 0.6 is 0 Å². The number of aromatic nitrogens is 3. The first-order valence-corrected chi connectivity index (χ1v) is 15.1. The second kappa shape index (κ2) is 10.6. The van der Waals surface area contributed by atoms with E-state index in [9.17, 15) is 4.79 Å². The Kier molecular flexibility index (Phi) is 6.86. The second-order valence-electron chi connectivity index (χ2n) is 12.7. The average molecular weight is 518 g/mol. The molecule has 0 atom stereocenters. The second-order valence-corrected chi connectivity index (χ2v) is 12.7. The maximum absolute atomic E-state index is 13.2. The van der Waals surface area contributed by atoms with E-state index in [1.165, 1.54) is 37.7 Å². The molecule has 6 aliphatic rings. The van der Waals surface area contributed by atoms with Crippen LogP contribution in [0.15, 0.2) is 30.9 Å². The molecular weight excluding hydrogens is 474 g/mol. The Balaban J connectivity index is 0.895. The van der Waals surface area contributed by atoms with E-state index in [0.717, 1.165) is 99.9 Å². The molecule has 8 rings (SSSR count). The summed E-state index contributed by atoms with van der Waals surface area (Å²) < 4.78 is 2.23. The summed E-state index contributed by atoms with van der Waals surface area (Å²) in [5.74, 6) is 5.94. The fraction of sp³-hybridized carbons (Fsp3) is 0.700. The van der Waals surface area contributed by atoms with Gasteiger partial charge in [0.05, 0.1) is 18.8 Å². The fourth-order valence-corrected chi connectivity index (χ4v) is 8.54. The first-order chi connectivity index (χ1) is 18.7. The molecular formula is C30H43N7O. The zero-order valence-corrected chi connectivity index (χ0v) is 22.7. The largest absolute Gasteiger partial charge is 0.369 e. The number of carbonyl (C=O) groups is 1. The van der Waals surface area contributed by atoms with Crippen molar-refractivity contribution in [3.05, 3.63) is 42.1 Å². The normalized spacial score (nSPS) is 30.9. The summed E-state index contributed by atoms with van der Waals surface area (Å²) in [6.07, 6.45) is 14.1. The lowest BCUT2D eigenvalue weighted by Gasteiger charge is -2.54. The maximum Gasteiger partial charge on any atom is 0.237 e. The van der Waals surface area contributed by atoms with Gasteiger partial charge < -0.3 is 14.8 Å². The van der Waals surface area contributed by atoms with Gasteiger partial charge in [0.25, 0.3) is 0 Å². The number of anilines is 1. The molecule has 4 aliphatic carbocycles. The lowest BCUT2D eigenvalue weighted by molar-refractivity contribution is -0.133. The number of hydrogen-bond donors (Lipinski definition) is 1. The average Bonchev–Trinajstić information content (AvgIpc) is 3.45. The SMILES string of the molecule is O=C(CN1CCN(CCn2cccc2)CC1)N1CCc2c(ncnc2NCC2C3CC4CC(C3)CC2C4)C1. The minimum Gasteiger partial charge on any atom is -0.369 e. The molecule has 4 saturated carbocycles. The highest BCUT2D eigenvalue weighted by Crippen LogP contribution is 2.56. The lowest BCUT2D eigenvalue weighted by atomic mass is 9.52. The van der Waals surface area contributed by atoms with Gasteiger partial charge in [-0.3, -0.25) is 14.6 Å². The number of nitrogens with one attached hydrogen (secondary N) is 1. The minimum absolute atomic E-state index is 0.234. The van der Waals surface area contributed by atoms with Crippen LogP contribution in [-0.2, 0) is 24.3 Å². The van der Waals surface area contributed by atoms with Crippen LogP contribution in [0.1, 0.15) is 43.4 Å². The highest BCUT2D eigenvalue weighted by Gasteiger charge is 2.47. The highest BCUT2D eigenvalue weighted by atomic mass is 16.2. The molecule has 2 aromatic heterocycles. The van der Waals surface area contributed by atoms with Crippen molar-refractivity contribution >= 4 is 11.7 Å². The molecule has 204 valence electrons. The summed E-state index contributed by atoms with van der Waals surface area (Å²) in [5, 5.41) is 3.76. The van der Waals surface area contributed by atoms with Crippen molar-refractivity contribution in [3.8, 4) is 0 Å². The predicted octanol–water partition coefficient (Wildman–Crippen LogP) is 2.96. The third-order valence-electron chi connectivity index (χ3n) is 10.5. The molecule has 0 radical (unpaired) electrons. The van der Waals surface area contributed by atoms with E-state index in [2.05, 4.69) is 54.2 Å². The lowest BCUT2D eigenvalue weighted by Crippen LogP contribution is -2.51. The summed E-state index contributed by atoms with van der Waals surface area (Å²) >= 11 is 0. The molecule has 1 N–H and O–H groups in total. The molecule has 8 heteroatoms. The van der Waals surface area contributed by atoms with Gasteiger partial charge in [-0.2, -0.15) is 0 Å². The standard InChI is InChI=1S/C30H43N7O/c38-29(20-36-11-9-35(10-12-36)8-7-34-4-1-2-5-34)37-6-3-26-28(19-37)32-21-33-30(26)31-18-27-24-14-22-13-23(16-24)17-25(27)15-22/h1-2,4-5,21-25,27H,3,6-20H2,(H,31,32,33). The van der Waals surface area contributed by atoms with E-state index < -0.39 is 0 Å². The first kappa shape index (κ1) is 24.6. The molecule has 0 spiro atoms. The number of nitrogens with zero attached hydrogens (tertiary/aromatic N) is 6. The molecule has 8 nitrogen and oxygen atoms in total. The molecule has 5 fully saturated rings. The third kappa shape index (κ3) is 5.09. The van der Waals surface area contributed by atoms with Crippen molar-refractivity contribution in [1.29, 1.82) is 0 Å². The van der Waals surface area contributed by atoms with Crippen molar-refractivity contribution in [2.24, 2.45) is 29.6 Å². The number of hydrogen-bond acceptors (Lipinski definition) is 6. The van der Waals surface area contributed by atoms with Gasteiger partial charge in [-0.15, -0.1) is 0 Å². The molecule has 0 unspecified atom stereocenters. The van der Waals surface area contributed by atoms with E-state index in [4.69, 9.17) is 0 Å². The van der Waals surface area contributed by atoms with Crippen LogP contribution in [0, 0.1) is 29.6 Å². The Morgan fingerprint density at radius 1 is 0.868 bits per heavy atom. The molecule has 1 amide bonds. The van der Waals surface area contributed by atoms with Gasteiger partial charge in [0.2, 0.25) is 5.91 Å². The van der Waals surface area contributed by atoms with Crippen LogP contribution in [0.2, 0.25) is 0 Å². The van der Waals surface area contributed by atoms with Crippen LogP contribution in [0.3, 0.4) is 0 Å². The van der Waals surface area contributed by atoms with Gasteiger partial charge >= 0.3 is 0 Å². The number of rotatable bonds is 8. The summed E-state index contributed by atoms with van der Waals surface area (Å²) in [4.78, 5) is 29.3. The number of fused-ring (bicyclic) bond motifs is 1. The van der Waals surface area contributed by atoms with Crippen LogP contribution in [0.5, 0.6) is 0 Å². The Morgan fingerprint density at radius 3 is 2.32 bits per heavy atom. The third-order valence-corrected chi connectivity index (χ3v) is 10.5. The van der Waals surface area contributed by atoms with Gasteiger partial charge in [-0.25, -0.2) is 9.97 Å². The quantitative estimate of drug-likeness (QED) is 0.581. The Bertz CT molecular complexity index is 1080. The van der Waals surface area contributed by atoms with Crippen LogP contribution < -0.4 is 5.32 Å². The zero-order chi connectivity index (χ0) is 25.5. The summed E-state index contributed by atoms with van der Waals surface area (Å²) in [7, 11) is 0. The Hall–Kier alpha value is -2.45. The van der Waals surface area contributed by atoms with E-state index in [-0.39, 0.29) is 5.91 Å². The molecule has 2 aromatic rings. The Labute approximate surface area is 226 Å². The van der Waals surface area contributed by atoms with Crippen molar-refractivity contribution in [2.75, 3.05) is 57.7 Å². The maximum atomic E-state index is 13.2. The zero-order valence-electron chi connectivity index (χ0n) is 22.7. The van der Waals surface area contributed by atoms with Crippen LogP contribution in [0.4, 0.5) is 5.82 Å². The highest BCUT2D eigenvalue weighted by molar-refractivity contribution is 5.78. The van der Waals surface area contributed by atoms with E-state index >= 15 is 0 Å². The predicted molar refractivity (Wildman–Crippen MR) is 147 cm³/mol. The van der Waals surface area contributed by atoms with Gasteiger partial charge in [0.1, 0.15) is 12.1 Å². The number of piperazine rings is 1. The fourth-order valence-electron chi connectivity index (χ4n) is 8.54. The van der Waals surface area contributed by atoms with Gasteiger partial charge in [0, 0.05) is 70.3 Å². The molecule has 1 saturated heterocycles.